The summed E-state index contributed by atoms with van der Waals surface area (Å²) >= 11 is 0. The molecule has 0 saturated heterocycles. The number of hydrogen-bond donors (Lipinski definition) is 2. The Kier molecular flexibility index (Phi) is 3.14. The molecule has 1 amide bonds. The van der Waals surface area contributed by atoms with E-state index >= 15 is 0 Å². The first kappa shape index (κ1) is 12.9. The Hall–Kier alpha value is -3.11. The monoisotopic (exact) mass is 281 g/mol. The van der Waals surface area contributed by atoms with Crippen LogP contribution in [0.3, 0.4) is 0 Å². The van der Waals surface area contributed by atoms with Crippen molar-refractivity contribution >= 4 is 16.9 Å². The summed E-state index contributed by atoms with van der Waals surface area (Å²) in [5.41, 5.74) is 3.31. The van der Waals surface area contributed by atoms with Crippen LogP contribution in [0.25, 0.3) is 11.0 Å². The lowest BCUT2D eigenvalue weighted by Gasteiger charge is -2.04. The third-order valence-electron chi connectivity index (χ3n) is 3.18. The van der Waals surface area contributed by atoms with Crippen molar-refractivity contribution in [2.75, 3.05) is 0 Å². The summed E-state index contributed by atoms with van der Waals surface area (Å²) < 4.78 is 7.21. The van der Waals surface area contributed by atoms with Crippen molar-refractivity contribution in [3.63, 3.8) is 0 Å². The van der Waals surface area contributed by atoms with Gasteiger partial charge in [-0.05, 0) is 6.07 Å². The number of hydrazine groups is 1. The van der Waals surface area contributed by atoms with Crippen molar-refractivity contribution in [2.45, 2.75) is 6.54 Å². The number of amides is 1. The number of furan rings is 1. The molecule has 3 rings (SSSR count). The molecule has 7 nitrogen and oxygen atoms in total. The van der Waals surface area contributed by atoms with Gasteiger partial charge < -0.3 is 8.98 Å². The van der Waals surface area contributed by atoms with Gasteiger partial charge in [-0.1, -0.05) is 18.2 Å². The first-order valence-electron chi connectivity index (χ1n) is 6.17. The van der Waals surface area contributed by atoms with Crippen LogP contribution in [-0.4, -0.2) is 15.5 Å². The van der Waals surface area contributed by atoms with E-state index < -0.39 is 5.91 Å². The number of nitrogens with two attached hydrogens (primary N) is 1. The number of nitrogen functional groups attached to an aromatic ring is 1. The fourth-order valence-electron chi connectivity index (χ4n) is 2.22. The number of nitriles is 1. The standard InChI is InChI=1S/C14H11N5O2/c15-7-12-17-5-6-19(12)8-10-9-3-1-2-4-11(9)21-13(10)14(20)18-16/h1-6H,8,16H2,(H,18,20). The quantitative estimate of drug-likeness (QED) is 0.425. The van der Waals surface area contributed by atoms with Gasteiger partial charge in [0.15, 0.2) is 5.76 Å². The lowest BCUT2D eigenvalue weighted by atomic mass is 10.1. The zero-order valence-corrected chi connectivity index (χ0v) is 10.9. The van der Waals surface area contributed by atoms with Gasteiger partial charge in [0.05, 0.1) is 6.54 Å². The van der Waals surface area contributed by atoms with Crippen molar-refractivity contribution < 1.29 is 9.21 Å². The minimum absolute atomic E-state index is 0.135. The number of benzene rings is 1. The fraction of sp³-hybridized carbons (Fsp3) is 0.0714. The number of carbonyl (C=O) groups excluding carboxylic acids is 1. The van der Waals surface area contributed by atoms with E-state index in [1.54, 1.807) is 16.8 Å². The topological polar surface area (TPSA) is 110 Å². The van der Waals surface area contributed by atoms with Gasteiger partial charge in [-0.2, -0.15) is 5.26 Å². The van der Waals surface area contributed by atoms with E-state index in [0.717, 1.165) is 5.39 Å². The minimum atomic E-state index is -0.514. The smallest absolute Gasteiger partial charge is 0.301 e. The average molecular weight is 281 g/mol. The van der Waals surface area contributed by atoms with Crippen molar-refractivity contribution in [1.29, 1.82) is 5.26 Å². The number of imidazole rings is 1. The van der Waals surface area contributed by atoms with Crippen LogP contribution < -0.4 is 11.3 Å². The summed E-state index contributed by atoms with van der Waals surface area (Å²) in [5.74, 6) is 5.08. The zero-order valence-electron chi connectivity index (χ0n) is 10.9. The highest BCUT2D eigenvalue weighted by Gasteiger charge is 2.20. The molecule has 0 fully saturated rings. The van der Waals surface area contributed by atoms with Gasteiger partial charge in [0, 0.05) is 23.3 Å². The first-order chi connectivity index (χ1) is 10.2. The lowest BCUT2D eigenvalue weighted by Crippen LogP contribution is -2.30. The summed E-state index contributed by atoms with van der Waals surface area (Å²) in [6, 6.07) is 9.28. The molecular formula is C14H11N5O2. The number of nitrogens with zero attached hydrogens (tertiary/aromatic N) is 3. The van der Waals surface area contributed by atoms with E-state index in [2.05, 4.69) is 10.4 Å². The maximum atomic E-state index is 11.9. The highest BCUT2D eigenvalue weighted by molar-refractivity contribution is 5.98. The molecular weight excluding hydrogens is 270 g/mol. The fourth-order valence-corrected chi connectivity index (χ4v) is 2.22. The van der Waals surface area contributed by atoms with E-state index in [1.165, 1.54) is 6.20 Å². The molecule has 104 valence electrons. The number of fused-ring (bicyclic) bond motifs is 1. The molecule has 3 aromatic rings. The Bertz CT molecular complexity index is 856. The van der Waals surface area contributed by atoms with Gasteiger partial charge >= 0.3 is 5.91 Å². The van der Waals surface area contributed by atoms with E-state index in [1.807, 2.05) is 24.3 Å². The number of aromatic nitrogens is 2. The van der Waals surface area contributed by atoms with E-state index in [9.17, 15) is 4.79 Å². The van der Waals surface area contributed by atoms with Crippen LogP contribution in [0, 0.1) is 11.3 Å². The molecule has 0 aliphatic rings. The molecule has 7 heteroatoms. The minimum Gasteiger partial charge on any atom is -0.450 e. The zero-order chi connectivity index (χ0) is 14.8. The summed E-state index contributed by atoms with van der Waals surface area (Å²) in [5, 5.41) is 9.82. The predicted molar refractivity (Wildman–Crippen MR) is 73.9 cm³/mol. The number of carbonyl (C=O) groups is 1. The van der Waals surface area contributed by atoms with Crippen LogP contribution in [0.5, 0.6) is 0 Å². The molecule has 0 saturated carbocycles. The van der Waals surface area contributed by atoms with Crippen molar-refractivity contribution in [2.24, 2.45) is 5.84 Å². The molecule has 2 aromatic heterocycles. The summed E-state index contributed by atoms with van der Waals surface area (Å²) in [7, 11) is 0. The Morgan fingerprint density at radius 1 is 1.48 bits per heavy atom. The van der Waals surface area contributed by atoms with Crippen LogP contribution in [0.2, 0.25) is 0 Å². The van der Waals surface area contributed by atoms with E-state index in [-0.39, 0.29) is 11.6 Å². The number of para-hydroxylation sites is 1. The molecule has 0 spiro atoms. The van der Waals surface area contributed by atoms with E-state index in [0.29, 0.717) is 17.7 Å². The van der Waals surface area contributed by atoms with Gasteiger partial charge in [0.1, 0.15) is 11.7 Å². The number of rotatable bonds is 3. The van der Waals surface area contributed by atoms with Crippen molar-refractivity contribution in [3.8, 4) is 6.07 Å². The molecule has 0 unspecified atom stereocenters. The summed E-state index contributed by atoms with van der Waals surface area (Å²) in [6.07, 6.45) is 3.20. The third kappa shape index (κ3) is 2.13. The average Bonchev–Trinajstić information content (AvgIpc) is 3.11. The van der Waals surface area contributed by atoms with Gasteiger partial charge in [0.2, 0.25) is 5.82 Å². The molecule has 0 radical (unpaired) electrons. The SMILES string of the molecule is N#Cc1nccn1Cc1c(C(=O)NN)oc2ccccc12. The highest BCUT2D eigenvalue weighted by Crippen LogP contribution is 2.26. The van der Waals surface area contributed by atoms with Crippen molar-refractivity contribution in [1.82, 2.24) is 15.0 Å². The Balaban J connectivity index is 2.16. The number of nitrogens with one attached hydrogen (secondary N) is 1. The highest BCUT2D eigenvalue weighted by atomic mass is 16.3. The van der Waals surface area contributed by atoms with Gasteiger partial charge in [-0.3, -0.25) is 10.2 Å². The second kappa shape index (κ2) is 5.11. The van der Waals surface area contributed by atoms with Crippen LogP contribution >= 0.6 is 0 Å². The summed E-state index contributed by atoms with van der Waals surface area (Å²) in [6.45, 7) is 0.294. The van der Waals surface area contributed by atoms with Gasteiger partial charge in [-0.15, -0.1) is 0 Å². The molecule has 1 aromatic carbocycles. The van der Waals surface area contributed by atoms with Crippen molar-refractivity contribution in [3.05, 3.63) is 53.8 Å². The van der Waals surface area contributed by atoms with Crippen LogP contribution in [0.1, 0.15) is 21.9 Å². The Labute approximate surface area is 119 Å². The second-order valence-corrected chi connectivity index (χ2v) is 4.37. The first-order valence-corrected chi connectivity index (χ1v) is 6.17. The molecule has 0 bridgehead atoms. The third-order valence-corrected chi connectivity index (χ3v) is 3.18. The van der Waals surface area contributed by atoms with Crippen LogP contribution in [-0.2, 0) is 6.54 Å². The van der Waals surface area contributed by atoms with Crippen LogP contribution in [0.4, 0.5) is 0 Å². The van der Waals surface area contributed by atoms with Crippen LogP contribution in [0.15, 0.2) is 41.1 Å². The maximum Gasteiger partial charge on any atom is 0.301 e. The molecule has 0 aliphatic carbocycles. The normalized spacial score (nSPS) is 10.5. The lowest BCUT2D eigenvalue weighted by molar-refractivity contribution is 0.0926. The molecule has 21 heavy (non-hydrogen) atoms. The predicted octanol–water partition coefficient (Wildman–Crippen LogP) is 1.15. The van der Waals surface area contributed by atoms with Gasteiger partial charge in [0.25, 0.3) is 0 Å². The largest absolute Gasteiger partial charge is 0.450 e. The Morgan fingerprint density at radius 3 is 3.05 bits per heavy atom. The molecule has 0 atom stereocenters. The maximum absolute atomic E-state index is 11.9. The molecule has 2 heterocycles. The summed E-state index contributed by atoms with van der Waals surface area (Å²) in [4.78, 5) is 15.8. The molecule has 0 aliphatic heterocycles. The Morgan fingerprint density at radius 2 is 2.29 bits per heavy atom. The van der Waals surface area contributed by atoms with Gasteiger partial charge in [-0.25, -0.2) is 10.8 Å². The number of hydrogen-bond acceptors (Lipinski definition) is 5. The van der Waals surface area contributed by atoms with E-state index in [4.69, 9.17) is 15.5 Å². The molecule has 3 N–H and O–H groups in total. The second-order valence-electron chi connectivity index (χ2n) is 4.37.